The summed E-state index contributed by atoms with van der Waals surface area (Å²) in [6.07, 6.45) is 1.55. The van der Waals surface area contributed by atoms with Crippen LogP contribution in [0.5, 0.6) is 11.5 Å². The Bertz CT molecular complexity index is 712. The van der Waals surface area contributed by atoms with Gasteiger partial charge in [0.2, 0.25) is 5.91 Å². The lowest BCUT2D eigenvalue weighted by Crippen LogP contribution is -2.32. The van der Waals surface area contributed by atoms with Crippen molar-refractivity contribution in [2.75, 3.05) is 19.0 Å². The molecule has 0 unspecified atom stereocenters. The highest BCUT2D eigenvalue weighted by Crippen LogP contribution is 2.31. The molecule has 4 nitrogen and oxygen atoms in total. The van der Waals surface area contributed by atoms with Gasteiger partial charge >= 0.3 is 0 Å². The molecule has 0 aliphatic carbocycles. The van der Waals surface area contributed by atoms with Crippen molar-refractivity contribution in [1.82, 2.24) is 0 Å². The standard InChI is InChI=1S/C19H21NO3/c1-3-13-6-4-5-7-17(13)20-19(21)15-10-14-11-16(22-2)8-9-18(14)23-12-15/h4-9,11,15H,3,10,12H2,1-2H3,(H,20,21)/t15-/m1/s1. The highest BCUT2D eigenvalue weighted by atomic mass is 16.5. The molecule has 2 aromatic carbocycles. The van der Waals surface area contributed by atoms with E-state index in [2.05, 4.69) is 12.2 Å². The van der Waals surface area contributed by atoms with Gasteiger partial charge in [0, 0.05) is 5.69 Å². The summed E-state index contributed by atoms with van der Waals surface area (Å²) < 4.78 is 11.0. The molecule has 1 aliphatic rings. The molecule has 0 aromatic heterocycles. The Balaban J connectivity index is 1.74. The number of benzene rings is 2. The number of carbonyl (C=O) groups excluding carboxylic acids is 1. The smallest absolute Gasteiger partial charge is 0.231 e. The maximum absolute atomic E-state index is 12.6. The first kappa shape index (κ1) is 15.4. The predicted octanol–water partition coefficient (Wildman–Crippen LogP) is 3.45. The molecular formula is C19H21NO3. The van der Waals surface area contributed by atoms with Crippen LogP contribution in [0.4, 0.5) is 5.69 Å². The monoisotopic (exact) mass is 311 g/mol. The molecule has 1 N–H and O–H groups in total. The third-order valence-corrected chi connectivity index (χ3v) is 4.20. The van der Waals surface area contributed by atoms with Gasteiger partial charge < -0.3 is 14.8 Å². The molecule has 2 aromatic rings. The van der Waals surface area contributed by atoms with Crippen molar-refractivity contribution in [1.29, 1.82) is 0 Å². The molecule has 1 heterocycles. The second kappa shape index (κ2) is 6.73. The van der Waals surface area contributed by atoms with Gasteiger partial charge in [0.05, 0.1) is 13.0 Å². The van der Waals surface area contributed by atoms with Crippen LogP contribution in [0.25, 0.3) is 0 Å². The van der Waals surface area contributed by atoms with Crippen LogP contribution in [0.1, 0.15) is 18.1 Å². The van der Waals surface area contributed by atoms with Gasteiger partial charge in [0.25, 0.3) is 0 Å². The van der Waals surface area contributed by atoms with E-state index in [1.165, 1.54) is 0 Å². The number of hydrogen-bond acceptors (Lipinski definition) is 3. The molecular weight excluding hydrogens is 290 g/mol. The Morgan fingerprint density at radius 1 is 1.30 bits per heavy atom. The van der Waals surface area contributed by atoms with Gasteiger partial charge in [-0.05, 0) is 48.2 Å². The molecule has 3 rings (SSSR count). The van der Waals surface area contributed by atoms with Crippen LogP contribution in [0, 0.1) is 5.92 Å². The van der Waals surface area contributed by atoms with Crippen LogP contribution < -0.4 is 14.8 Å². The lowest BCUT2D eigenvalue weighted by atomic mass is 9.95. The summed E-state index contributed by atoms with van der Waals surface area (Å²) in [6, 6.07) is 13.6. The summed E-state index contributed by atoms with van der Waals surface area (Å²) in [6.45, 7) is 2.48. The second-order valence-corrected chi connectivity index (χ2v) is 5.69. The Kier molecular flexibility index (Phi) is 4.51. The maximum atomic E-state index is 12.6. The summed E-state index contributed by atoms with van der Waals surface area (Å²) in [5.74, 6) is 1.42. The zero-order chi connectivity index (χ0) is 16.2. The first-order valence-electron chi connectivity index (χ1n) is 7.89. The number of amides is 1. The highest BCUT2D eigenvalue weighted by molar-refractivity contribution is 5.93. The average molecular weight is 311 g/mol. The fraction of sp³-hybridized carbons (Fsp3) is 0.316. The number of carbonyl (C=O) groups is 1. The van der Waals surface area contributed by atoms with Crippen LogP contribution >= 0.6 is 0 Å². The zero-order valence-corrected chi connectivity index (χ0v) is 13.5. The van der Waals surface area contributed by atoms with E-state index >= 15 is 0 Å². The lowest BCUT2D eigenvalue weighted by Gasteiger charge is -2.25. The molecule has 1 amide bonds. The highest BCUT2D eigenvalue weighted by Gasteiger charge is 2.26. The lowest BCUT2D eigenvalue weighted by molar-refractivity contribution is -0.121. The Hall–Kier alpha value is -2.49. The summed E-state index contributed by atoms with van der Waals surface area (Å²) >= 11 is 0. The van der Waals surface area contributed by atoms with Crippen molar-refractivity contribution in [3.63, 3.8) is 0 Å². The van der Waals surface area contributed by atoms with Crippen molar-refractivity contribution in [2.45, 2.75) is 19.8 Å². The number of aryl methyl sites for hydroxylation is 1. The minimum absolute atomic E-state index is 0.000583. The Labute approximate surface area is 136 Å². The van der Waals surface area contributed by atoms with Gasteiger partial charge in [0.1, 0.15) is 18.1 Å². The number of nitrogens with one attached hydrogen (secondary N) is 1. The van der Waals surface area contributed by atoms with E-state index in [1.807, 2.05) is 42.5 Å². The maximum Gasteiger partial charge on any atom is 0.231 e. The molecule has 120 valence electrons. The van der Waals surface area contributed by atoms with Gasteiger partial charge in [0.15, 0.2) is 0 Å². The van der Waals surface area contributed by atoms with E-state index in [9.17, 15) is 4.79 Å². The predicted molar refractivity (Wildman–Crippen MR) is 90.1 cm³/mol. The van der Waals surface area contributed by atoms with Gasteiger partial charge in [-0.1, -0.05) is 25.1 Å². The molecule has 1 aliphatic heterocycles. The average Bonchev–Trinajstić information content (AvgIpc) is 2.61. The van der Waals surface area contributed by atoms with Crippen LogP contribution in [0.2, 0.25) is 0 Å². The molecule has 23 heavy (non-hydrogen) atoms. The Morgan fingerprint density at radius 2 is 2.13 bits per heavy atom. The fourth-order valence-electron chi connectivity index (χ4n) is 2.85. The topological polar surface area (TPSA) is 47.6 Å². The van der Waals surface area contributed by atoms with Crippen molar-refractivity contribution in [3.8, 4) is 11.5 Å². The molecule has 0 spiro atoms. The third-order valence-electron chi connectivity index (χ3n) is 4.20. The summed E-state index contributed by atoms with van der Waals surface area (Å²) in [5, 5.41) is 3.04. The van der Waals surface area contributed by atoms with E-state index < -0.39 is 0 Å². The van der Waals surface area contributed by atoms with Crippen molar-refractivity contribution in [3.05, 3.63) is 53.6 Å². The summed E-state index contributed by atoms with van der Waals surface area (Å²) in [7, 11) is 1.64. The van der Waals surface area contributed by atoms with E-state index in [1.54, 1.807) is 7.11 Å². The van der Waals surface area contributed by atoms with Crippen LogP contribution in [-0.4, -0.2) is 19.6 Å². The third kappa shape index (κ3) is 3.31. The first-order chi connectivity index (χ1) is 11.2. The van der Waals surface area contributed by atoms with E-state index in [-0.39, 0.29) is 11.8 Å². The van der Waals surface area contributed by atoms with Crippen molar-refractivity contribution >= 4 is 11.6 Å². The number of methoxy groups -OCH3 is 1. The fourth-order valence-corrected chi connectivity index (χ4v) is 2.85. The number of anilines is 1. The van der Waals surface area contributed by atoms with Crippen molar-refractivity contribution in [2.24, 2.45) is 5.92 Å². The SMILES string of the molecule is CCc1ccccc1NC(=O)[C@H]1COc2ccc(OC)cc2C1. The van der Waals surface area contributed by atoms with Crippen LogP contribution in [-0.2, 0) is 17.6 Å². The number of para-hydroxylation sites is 1. The van der Waals surface area contributed by atoms with E-state index in [4.69, 9.17) is 9.47 Å². The molecule has 0 bridgehead atoms. The number of hydrogen-bond donors (Lipinski definition) is 1. The molecule has 0 fully saturated rings. The molecule has 4 heteroatoms. The van der Waals surface area contributed by atoms with E-state index in [0.29, 0.717) is 13.0 Å². The first-order valence-corrected chi connectivity index (χ1v) is 7.89. The molecule has 1 atom stereocenters. The Morgan fingerprint density at radius 3 is 2.91 bits per heavy atom. The van der Waals surface area contributed by atoms with Gasteiger partial charge in [-0.3, -0.25) is 4.79 Å². The van der Waals surface area contributed by atoms with Crippen molar-refractivity contribution < 1.29 is 14.3 Å². The normalized spacial score (nSPS) is 16.2. The number of ether oxygens (including phenoxy) is 2. The minimum Gasteiger partial charge on any atom is -0.497 e. The van der Waals surface area contributed by atoms with Crippen LogP contribution in [0.15, 0.2) is 42.5 Å². The van der Waals surface area contributed by atoms with Gasteiger partial charge in [-0.15, -0.1) is 0 Å². The molecule has 0 saturated heterocycles. The number of fused-ring (bicyclic) bond motifs is 1. The van der Waals surface area contributed by atoms with Crippen LogP contribution in [0.3, 0.4) is 0 Å². The quantitative estimate of drug-likeness (QED) is 0.941. The summed E-state index contributed by atoms with van der Waals surface area (Å²) in [5.41, 5.74) is 3.04. The van der Waals surface area contributed by atoms with Gasteiger partial charge in [-0.25, -0.2) is 0 Å². The molecule has 0 saturated carbocycles. The largest absolute Gasteiger partial charge is 0.497 e. The number of rotatable bonds is 4. The second-order valence-electron chi connectivity index (χ2n) is 5.69. The summed E-state index contributed by atoms with van der Waals surface area (Å²) in [4.78, 5) is 12.6. The molecule has 0 radical (unpaired) electrons. The van der Waals surface area contributed by atoms with E-state index in [0.717, 1.165) is 34.7 Å². The zero-order valence-electron chi connectivity index (χ0n) is 13.5. The van der Waals surface area contributed by atoms with Gasteiger partial charge in [-0.2, -0.15) is 0 Å². The minimum atomic E-state index is -0.195.